The number of fused-ring (bicyclic) bond motifs is 2. The lowest BCUT2D eigenvalue weighted by atomic mass is 9.90. The quantitative estimate of drug-likeness (QED) is 0.113. The number of alkyl carbamates (subject to hydrolysis) is 2. The summed E-state index contributed by atoms with van der Waals surface area (Å²) in [6.07, 6.45) is 5.13. The van der Waals surface area contributed by atoms with Crippen LogP contribution in [0.25, 0.3) is 21.9 Å². The van der Waals surface area contributed by atoms with Crippen molar-refractivity contribution in [3.05, 3.63) is 56.7 Å². The highest BCUT2D eigenvalue weighted by atomic mass is 35.5. The number of hydrogen-bond acceptors (Lipinski definition) is 14. The van der Waals surface area contributed by atoms with Gasteiger partial charge < -0.3 is 54.8 Å². The predicted molar refractivity (Wildman–Crippen MR) is 239 cm³/mol. The van der Waals surface area contributed by atoms with E-state index in [0.717, 1.165) is 36.2 Å². The number of nitrogens with zero attached hydrogens (tertiary/aromatic N) is 3. The maximum Gasteiger partial charge on any atom is 0.407 e. The lowest BCUT2D eigenvalue weighted by molar-refractivity contribution is -0.135. The number of carbonyl (C=O) groups is 4. The zero-order chi connectivity index (χ0) is 44.7. The van der Waals surface area contributed by atoms with Crippen molar-refractivity contribution < 1.29 is 42.5 Å². The summed E-state index contributed by atoms with van der Waals surface area (Å²) in [7, 11) is 2.57. The minimum atomic E-state index is -0.722. The van der Waals surface area contributed by atoms with Crippen LogP contribution in [0.1, 0.15) is 81.0 Å². The third-order valence-corrected chi connectivity index (χ3v) is 13.4. The molecule has 5 atom stereocenters. The zero-order valence-corrected chi connectivity index (χ0v) is 37.0. The normalized spacial score (nSPS) is 22.5. The number of ether oxygens (including phenoxy) is 4. The van der Waals surface area contributed by atoms with Gasteiger partial charge in [0.1, 0.15) is 29.1 Å². The van der Waals surface area contributed by atoms with Crippen LogP contribution in [0.4, 0.5) is 9.59 Å². The number of hydrogen-bond donors (Lipinski definition) is 5. The van der Waals surface area contributed by atoms with E-state index in [1.807, 2.05) is 23.1 Å². The lowest BCUT2D eigenvalue weighted by Gasteiger charge is -2.34. The van der Waals surface area contributed by atoms with Crippen LogP contribution >= 0.6 is 11.6 Å². The second kappa shape index (κ2) is 20.6. The Morgan fingerprint density at radius 3 is 2.22 bits per heavy atom. The number of rotatable bonds is 14. The molecule has 0 bridgehead atoms. The molecule has 0 saturated carbocycles. The fraction of sp³-hybridized carbons (Fsp3) is 0.578. The topological polar surface area (TPSA) is 224 Å². The number of carbonyl (C=O) groups excluding carboxylic acids is 4. The Bertz CT molecular complexity index is 2340. The molecule has 6 heterocycles. The Morgan fingerprint density at radius 2 is 1.50 bits per heavy atom. The van der Waals surface area contributed by atoms with E-state index in [4.69, 9.17) is 45.0 Å². The molecule has 2 unspecified atom stereocenters. The Labute approximate surface area is 375 Å². The Morgan fingerprint density at radius 1 is 0.828 bits per heavy atom. The molecule has 0 radical (unpaired) electrons. The van der Waals surface area contributed by atoms with E-state index in [1.54, 1.807) is 12.1 Å². The summed E-state index contributed by atoms with van der Waals surface area (Å²) in [6, 6.07) is 6.96. The van der Waals surface area contributed by atoms with E-state index in [1.165, 1.54) is 14.2 Å². The standard InChI is InChI=1S/C45H57ClN8O10/c1-60-44(58)52-38(25-10-16-62-17-11-25)42(56)47-14-4-3-7-37-48-24-33(50-37)28-22-36-30(21-31(28)46)40(55)29-20-27(8-9-35(29)64-36)32-23-49-41(51-32)34-6-5-15-54(34)43(57)39(53-45(59)61-2)26-12-18-63-19-13-26/h8-9,20-22,25-26,32-34,38-39H,3-7,10-19,23-24H2,1-2H3,(H,47,56)(H,48,50)(H,49,51)(H,52,58)(H,53,59)/t32?,33?,34-,38-,39-/m0/s1. The van der Waals surface area contributed by atoms with Crippen LogP contribution in [0.2, 0.25) is 5.02 Å². The highest BCUT2D eigenvalue weighted by Gasteiger charge is 2.42. The van der Waals surface area contributed by atoms with Crippen molar-refractivity contribution in [3.8, 4) is 0 Å². The highest BCUT2D eigenvalue weighted by molar-refractivity contribution is 6.32. The summed E-state index contributed by atoms with van der Waals surface area (Å²) in [5.74, 6) is 1.09. The molecule has 19 heteroatoms. The van der Waals surface area contributed by atoms with Gasteiger partial charge in [0.2, 0.25) is 17.2 Å². The molecule has 5 aliphatic heterocycles. The molecule has 64 heavy (non-hydrogen) atoms. The number of benzene rings is 2. The van der Waals surface area contributed by atoms with Crippen LogP contribution in [0.3, 0.4) is 0 Å². The first-order valence-corrected chi connectivity index (χ1v) is 22.7. The van der Waals surface area contributed by atoms with Gasteiger partial charge in [-0.15, -0.1) is 0 Å². The molecule has 4 amide bonds. The molecule has 344 valence electrons. The van der Waals surface area contributed by atoms with Gasteiger partial charge in [-0.25, -0.2) is 9.59 Å². The Kier molecular flexibility index (Phi) is 14.5. The first-order valence-electron chi connectivity index (χ1n) is 22.3. The third-order valence-electron chi connectivity index (χ3n) is 13.1. The minimum absolute atomic E-state index is 0.0227. The molecule has 1 aromatic heterocycles. The van der Waals surface area contributed by atoms with Crippen molar-refractivity contribution >= 4 is 69.2 Å². The van der Waals surface area contributed by atoms with E-state index in [0.29, 0.717) is 124 Å². The molecule has 5 N–H and O–H groups in total. The number of unbranched alkanes of at least 4 members (excludes halogenated alkanes) is 1. The minimum Gasteiger partial charge on any atom is -0.456 e. The summed E-state index contributed by atoms with van der Waals surface area (Å²) in [4.78, 5) is 76.7. The van der Waals surface area contributed by atoms with Gasteiger partial charge in [0.05, 0.1) is 62.0 Å². The lowest BCUT2D eigenvalue weighted by Crippen LogP contribution is -2.56. The molecule has 5 aliphatic rings. The summed E-state index contributed by atoms with van der Waals surface area (Å²) in [5.41, 5.74) is 2.31. The number of likely N-dealkylation sites (tertiary alicyclic amines) is 1. The van der Waals surface area contributed by atoms with Gasteiger partial charge in [-0.05, 0) is 98.6 Å². The summed E-state index contributed by atoms with van der Waals surface area (Å²) in [5, 5.41) is 16.7. The van der Waals surface area contributed by atoms with Crippen LogP contribution < -0.4 is 32.0 Å². The molecule has 0 spiro atoms. The monoisotopic (exact) mass is 904 g/mol. The molecule has 8 rings (SSSR count). The molecule has 3 aromatic rings. The Balaban J connectivity index is 0.865. The smallest absolute Gasteiger partial charge is 0.407 e. The maximum absolute atomic E-state index is 14.0. The molecule has 2 aromatic carbocycles. The summed E-state index contributed by atoms with van der Waals surface area (Å²) >= 11 is 6.86. The number of methoxy groups -OCH3 is 2. The van der Waals surface area contributed by atoms with Crippen LogP contribution in [-0.2, 0) is 28.5 Å². The van der Waals surface area contributed by atoms with Gasteiger partial charge in [0.25, 0.3) is 0 Å². The molecular weight excluding hydrogens is 848 g/mol. The fourth-order valence-electron chi connectivity index (χ4n) is 9.54. The second-order valence-corrected chi connectivity index (χ2v) is 17.4. The first-order chi connectivity index (χ1) is 31.1. The van der Waals surface area contributed by atoms with Crippen molar-refractivity contribution in [1.82, 2.24) is 31.5 Å². The summed E-state index contributed by atoms with van der Waals surface area (Å²) < 4.78 is 26.9. The molecular formula is C45H57ClN8O10. The van der Waals surface area contributed by atoms with Crippen LogP contribution in [-0.4, -0.2) is 126 Å². The predicted octanol–water partition coefficient (Wildman–Crippen LogP) is 4.27. The van der Waals surface area contributed by atoms with Gasteiger partial charge in [-0.3, -0.25) is 24.4 Å². The van der Waals surface area contributed by atoms with E-state index >= 15 is 0 Å². The summed E-state index contributed by atoms with van der Waals surface area (Å²) in [6.45, 7) is 4.07. The number of halogens is 1. The maximum atomic E-state index is 14.0. The van der Waals surface area contributed by atoms with Gasteiger partial charge in [0.15, 0.2) is 0 Å². The number of amides is 4. The molecule has 3 fully saturated rings. The number of amidine groups is 2. The zero-order valence-electron chi connectivity index (χ0n) is 36.3. The van der Waals surface area contributed by atoms with E-state index < -0.39 is 24.3 Å². The largest absolute Gasteiger partial charge is 0.456 e. The SMILES string of the molecule is COC(=O)N[C@H](C(=O)NCCCCC1=NCC(c2cc3oc4ccc(C5CN=C([C@@H]6CCCN6C(=O)[C@@H](NC(=O)OC)C6CCOCC6)N5)cc4c(=O)c3cc2Cl)N1)C1CCOCC1. The van der Waals surface area contributed by atoms with E-state index in [-0.39, 0.29) is 47.2 Å². The van der Waals surface area contributed by atoms with E-state index in [2.05, 4.69) is 26.6 Å². The molecule has 3 saturated heterocycles. The Hall–Kier alpha value is -5.46. The van der Waals surface area contributed by atoms with Crippen molar-refractivity contribution in [1.29, 1.82) is 0 Å². The van der Waals surface area contributed by atoms with Crippen LogP contribution in [0.15, 0.2) is 49.5 Å². The van der Waals surface area contributed by atoms with Crippen LogP contribution in [0, 0.1) is 11.8 Å². The molecule has 18 nitrogen and oxygen atoms in total. The van der Waals surface area contributed by atoms with Crippen molar-refractivity contribution in [2.45, 2.75) is 88.0 Å². The van der Waals surface area contributed by atoms with E-state index in [9.17, 15) is 24.0 Å². The van der Waals surface area contributed by atoms with Gasteiger partial charge in [0, 0.05) is 51.0 Å². The average Bonchev–Trinajstić information content (AvgIpc) is 4.12. The molecule has 0 aliphatic carbocycles. The van der Waals surface area contributed by atoms with Crippen LogP contribution in [0.5, 0.6) is 0 Å². The first kappa shape index (κ1) is 45.1. The third kappa shape index (κ3) is 10.1. The number of nitrogens with one attached hydrogen (secondary N) is 5. The van der Waals surface area contributed by atoms with Gasteiger partial charge in [-0.2, -0.15) is 0 Å². The average molecular weight is 905 g/mol. The van der Waals surface area contributed by atoms with Crippen molar-refractivity contribution in [2.75, 3.05) is 66.8 Å². The van der Waals surface area contributed by atoms with Gasteiger partial charge in [-0.1, -0.05) is 17.7 Å². The fourth-order valence-corrected chi connectivity index (χ4v) is 9.84. The highest BCUT2D eigenvalue weighted by Crippen LogP contribution is 2.33. The van der Waals surface area contributed by atoms with Crippen molar-refractivity contribution in [2.24, 2.45) is 21.8 Å². The van der Waals surface area contributed by atoms with Gasteiger partial charge >= 0.3 is 12.2 Å². The number of aliphatic imine (C=N–C) groups is 2. The second-order valence-electron chi connectivity index (χ2n) is 17.0. The van der Waals surface area contributed by atoms with Crippen molar-refractivity contribution in [3.63, 3.8) is 0 Å².